The average molecular weight is 220 g/mol. The van der Waals surface area contributed by atoms with Crippen LogP contribution in [0.15, 0.2) is 24.3 Å². The number of nitrogens with two attached hydrogens (primary N) is 1. The molecule has 2 rings (SSSR count). The molecule has 1 heterocycles. The zero-order valence-electron chi connectivity index (χ0n) is 9.56. The van der Waals surface area contributed by atoms with Crippen LogP contribution in [0.5, 0.6) is 0 Å². The maximum absolute atomic E-state index is 11.5. The van der Waals surface area contributed by atoms with Gasteiger partial charge < -0.3 is 15.4 Å². The highest BCUT2D eigenvalue weighted by atomic mass is 16.5. The first-order valence-electron chi connectivity index (χ1n) is 5.22. The van der Waals surface area contributed by atoms with Crippen molar-refractivity contribution in [3.05, 3.63) is 29.8 Å². The van der Waals surface area contributed by atoms with Crippen LogP contribution in [0.1, 0.15) is 5.56 Å². The lowest BCUT2D eigenvalue weighted by Crippen LogP contribution is -2.56. The first kappa shape index (κ1) is 11.0. The Bertz CT molecular complexity index is 394. The number of benzene rings is 1. The monoisotopic (exact) mass is 220 g/mol. The Morgan fingerprint density at radius 2 is 1.88 bits per heavy atom. The molecule has 1 aliphatic rings. The summed E-state index contributed by atoms with van der Waals surface area (Å²) in [6.07, 6.45) is 0. The summed E-state index contributed by atoms with van der Waals surface area (Å²) in [5.41, 5.74) is 6.87. The smallest absolute Gasteiger partial charge is 0.232 e. The SMILES string of the molecule is CN(C)c1ccc(C2(C(N)=O)COC2)cc1. The van der Waals surface area contributed by atoms with Gasteiger partial charge in [-0.05, 0) is 17.7 Å². The van der Waals surface area contributed by atoms with Crippen LogP contribution in [0.4, 0.5) is 5.69 Å². The van der Waals surface area contributed by atoms with E-state index >= 15 is 0 Å². The fourth-order valence-corrected chi connectivity index (χ4v) is 1.84. The molecule has 0 saturated carbocycles. The molecule has 1 fully saturated rings. The summed E-state index contributed by atoms with van der Waals surface area (Å²) in [5, 5.41) is 0. The molecule has 0 spiro atoms. The predicted molar refractivity (Wildman–Crippen MR) is 62.5 cm³/mol. The molecule has 2 N–H and O–H groups in total. The quantitative estimate of drug-likeness (QED) is 0.807. The van der Waals surface area contributed by atoms with E-state index in [-0.39, 0.29) is 5.91 Å². The van der Waals surface area contributed by atoms with Gasteiger partial charge in [0.1, 0.15) is 5.41 Å². The summed E-state index contributed by atoms with van der Waals surface area (Å²) >= 11 is 0. The van der Waals surface area contributed by atoms with Crippen LogP contribution >= 0.6 is 0 Å². The van der Waals surface area contributed by atoms with Crippen LogP contribution in [0, 0.1) is 0 Å². The third-order valence-corrected chi connectivity index (χ3v) is 3.10. The Hall–Kier alpha value is -1.55. The van der Waals surface area contributed by atoms with Crippen molar-refractivity contribution in [3.63, 3.8) is 0 Å². The molecule has 0 atom stereocenters. The molecule has 1 aromatic rings. The number of ether oxygens (including phenoxy) is 1. The number of carbonyl (C=O) groups is 1. The van der Waals surface area contributed by atoms with E-state index in [0.717, 1.165) is 11.3 Å². The van der Waals surface area contributed by atoms with E-state index in [2.05, 4.69) is 0 Å². The van der Waals surface area contributed by atoms with Crippen molar-refractivity contribution in [3.8, 4) is 0 Å². The van der Waals surface area contributed by atoms with Crippen molar-refractivity contribution >= 4 is 11.6 Å². The Balaban J connectivity index is 2.30. The maximum Gasteiger partial charge on any atom is 0.232 e. The summed E-state index contributed by atoms with van der Waals surface area (Å²) < 4.78 is 5.12. The summed E-state index contributed by atoms with van der Waals surface area (Å²) in [6, 6.07) is 7.86. The number of rotatable bonds is 3. The molecule has 0 aromatic heterocycles. The molecule has 4 nitrogen and oxygen atoms in total. The lowest BCUT2D eigenvalue weighted by molar-refractivity contribution is -0.141. The van der Waals surface area contributed by atoms with Crippen LogP contribution < -0.4 is 10.6 Å². The second-order valence-electron chi connectivity index (χ2n) is 4.38. The van der Waals surface area contributed by atoms with E-state index in [9.17, 15) is 4.79 Å². The predicted octanol–water partition coefficient (Wildman–Crippen LogP) is 0.506. The summed E-state index contributed by atoms with van der Waals surface area (Å²) in [5.74, 6) is -0.309. The lowest BCUT2D eigenvalue weighted by atomic mass is 9.78. The number of anilines is 1. The molecule has 1 saturated heterocycles. The number of hydrogen-bond donors (Lipinski definition) is 1. The van der Waals surface area contributed by atoms with Crippen LogP contribution in [-0.4, -0.2) is 33.2 Å². The fraction of sp³-hybridized carbons (Fsp3) is 0.417. The van der Waals surface area contributed by atoms with Gasteiger partial charge in [-0.2, -0.15) is 0 Å². The largest absolute Gasteiger partial charge is 0.378 e. The summed E-state index contributed by atoms with van der Waals surface area (Å²) in [7, 11) is 3.95. The third kappa shape index (κ3) is 1.55. The van der Waals surface area contributed by atoms with Gasteiger partial charge in [-0.15, -0.1) is 0 Å². The summed E-state index contributed by atoms with van der Waals surface area (Å²) in [4.78, 5) is 13.5. The van der Waals surface area contributed by atoms with Gasteiger partial charge in [0, 0.05) is 19.8 Å². The van der Waals surface area contributed by atoms with Gasteiger partial charge in [0.15, 0.2) is 0 Å². The molecule has 16 heavy (non-hydrogen) atoms. The Morgan fingerprint density at radius 3 is 2.19 bits per heavy atom. The van der Waals surface area contributed by atoms with Gasteiger partial charge in [0.05, 0.1) is 13.2 Å². The molecular weight excluding hydrogens is 204 g/mol. The van der Waals surface area contributed by atoms with Crippen molar-refractivity contribution in [1.82, 2.24) is 0 Å². The van der Waals surface area contributed by atoms with E-state index in [1.54, 1.807) is 0 Å². The summed E-state index contributed by atoms with van der Waals surface area (Å²) in [6.45, 7) is 0.785. The third-order valence-electron chi connectivity index (χ3n) is 3.10. The van der Waals surface area contributed by atoms with Crippen molar-refractivity contribution in [2.45, 2.75) is 5.41 Å². The van der Waals surface area contributed by atoms with E-state index in [1.807, 2.05) is 43.3 Å². The minimum absolute atomic E-state index is 0.309. The average Bonchev–Trinajstić information content (AvgIpc) is 2.16. The van der Waals surface area contributed by atoms with E-state index in [4.69, 9.17) is 10.5 Å². The first-order chi connectivity index (χ1) is 7.56. The topological polar surface area (TPSA) is 55.6 Å². The minimum Gasteiger partial charge on any atom is -0.378 e. The van der Waals surface area contributed by atoms with Crippen molar-refractivity contribution in [2.24, 2.45) is 5.73 Å². The van der Waals surface area contributed by atoms with Crippen LogP contribution in [0.3, 0.4) is 0 Å². The number of primary amides is 1. The number of nitrogens with zero attached hydrogens (tertiary/aromatic N) is 1. The van der Waals surface area contributed by atoms with Crippen molar-refractivity contribution in [1.29, 1.82) is 0 Å². The maximum atomic E-state index is 11.5. The normalized spacial score (nSPS) is 17.6. The molecule has 4 heteroatoms. The Morgan fingerprint density at radius 1 is 1.31 bits per heavy atom. The van der Waals surface area contributed by atoms with Crippen molar-refractivity contribution in [2.75, 3.05) is 32.2 Å². The second-order valence-corrected chi connectivity index (χ2v) is 4.38. The molecule has 0 aliphatic carbocycles. The standard InChI is InChI=1S/C12H16N2O2/c1-14(2)10-5-3-9(4-6-10)12(11(13)15)7-16-8-12/h3-6H,7-8H2,1-2H3,(H2,13,15). The van der Waals surface area contributed by atoms with Gasteiger partial charge in [-0.3, -0.25) is 4.79 Å². The second kappa shape index (κ2) is 3.79. The number of carbonyl (C=O) groups excluding carboxylic acids is 1. The Kier molecular flexibility index (Phi) is 2.59. The van der Waals surface area contributed by atoms with E-state index < -0.39 is 5.41 Å². The molecule has 0 bridgehead atoms. The molecule has 1 amide bonds. The zero-order chi connectivity index (χ0) is 11.8. The molecule has 1 aromatic carbocycles. The molecule has 0 radical (unpaired) electrons. The lowest BCUT2D eigenvalue weighted by Gasteiger charge is -2.39. The fourth-order valence-electron chi connectivity index (χ4n) is 1.84. The van der Waals surface area contributed by atoms with Gasteiger partial charge in [0.2, 0.25) is 5.91 Å². The Labute approximate surface area is 95.0 Å². The van der Waals surface area contributed by atoms with Crippen LogP contribution in [0.2, 0.25) is 0 Å². The molecular formula is C12H16N2O2. The van der Waals surface area contributed by atoms with Crippen LogP contribution in [0.25, 0.3) is 0 Å². The van der Waals surface area contributed by atoms with Crippen LogP contribution in [-0.2, 0) is 14.9 Å². The minimum atomic E-state index is -0.606. The van der Waals surface area contributed by atoms with Gasteiger partial charge in [-0.1, -0.05) is 12.1 Å². The number of hydrogen-bond acceptors (Lipinski definition) is 3. The molecule has 1 aliphatic heterocycles. The highest BCUT2D eigenvalue weighted by molar-refractivity contribution is 5.88. The number of amides is 1. The molecule has 0 unspecified atom stereocenters. The van der Waals surface area contributed by atoms with Crippen molar-refractivity contribution < 1.29 is 9.53 Å². The van der Waals surface area contributed by atoms with Gasteiger partial charge in [0.25, 0.3) is 0 Å². The van der Waals surface area contributed by atoms with Gasteiger partial charge in [-0.25, -0.2) is 0 Å². The van der Waals surface area contributed by atoms with E-state index in [1.165, 1.54) is 0 Å². The molecule has 86 valence electrons. The van der Waals surface area contributed by atoms with Gasteiger partial charge >= 0.3 is 0 Å². The van der Waals surface area contributed by atoms with E-state index in [0.29, 0.717) is 13.2 Å². The first-order valence-corrected chi connectivity index (χ1v) is 5.22. The zero-order valence-corrected chi connectivity index (χ0v) is 9.56. The highest BCUT2D eigenvalue weighted by Gasteiger charge is 2.46. The highest BCUT2D eigenvalue weighted by Crippen LogP contribution is 2.32.